The first-order chi connectivity index (χ1) is 10.3. The topological polar surface area (TPSA) is 55.3 Å². The second-order valence-electron chi connectivity index (χ2n) is 4.97. The van der Waals surface area contributed by atoms with Crippen LogP contribution < -0.4 is 0 Å². The molecule has 1 fully saturated rings. The van der Waals surface area contributed by atoms with Crippen molar-refractivity contribution in [1.82, 2.24) is 14.9 Å². The normalized spacial score (nSPS) is 16.1. The number of thioether (sulfide) groups is 1. The zero-order valence-electron chi connectivity index (χ0n) is 11.9. The van der Waals surface area contributed by atoms with Crippen molar-refractivity contribution in [2.45, 2.75) is 23.1 Å². The van der Waals surface area contributed by atoms with Crippen LogP contribution >= 0.6 is 11.8 Å². The van der Waals surface area contributed by atoms with Crippen molar-refractivity contribution in [3.05, 3.63) is 30.6 Å². The Labute approximate surface area is 127 Å². The SMILES string of the molecule is COC(=O)N1CCC(Sc2ncnc3ccccc23)CC1. The van der Waals surface area contributed by atoms with Crippen LogP contribution in [0.3, 0.4) is 0 Å². The maximum absolute atomic E-state index is 11.5. The van der Waals surface area contributed by atoms with Crippen LogP contribution in [-0.4, -0.2) is 46.4 Å². The van der Waals surface area contributed by atoms with Crippen LogP contribution in [0.2, 0.25) is 0 Å². The smallest absolute Gasteiger partial charge is 0.409 e. The molecule has 1 aliphatic rings. The highest BCUT2D eigenvalue weighted by Gasteiger charge is 2.24. The molecule has 0 saturated carbocycles. The minimum absolute atomic E-state index is 0.231. The quantitative estimate of drug-likeness (QED) is 0.798. The second-order valence-corrected chi connectivity index (χ2v) is 6.26. The standard InChI is InChI=1S/C15H17N3O2S/c1-20-15(19)18-8-6-11(7-9-18)21-14-12-4-2-3-5-13(12)16-10-17-14/h2-5,10-11H,6-9H2,1H3. The Morgan fingerprint density at radius 3 is 2.81 bits per heavy atom. The van der Waals surface area contributed by atoms with Crippen LogP contribution in [0.4, 0.5) is 4.79 Å². The monoisotopic (exact) mass is 303 g/mol. The molecule has 3 rings (SSSR count). The van der Waals surface area contributed by atoms with E-state index >= 15 is 0 Å². The fourth-order valence-corrected chi connectivity index (χ4v) is 3.69. The number of ether oxygens (including phenoxy) is 1. The summed E-state index contributed by atoms with van der Waals surface area (Å²) in [6.07, 6.45) is 3.30. The maximum atomic E-state index is 11.5. The van der Waals surface area contributed by atoms with Gasteiger partial charge in [0.15, 0.2) is 0 Å². The lowest BCUT2D eigenvalue weighted by atomic mass is 10.1. The van der Waals surface area contributed by atoms with Crippen LogP contribution in [0.25, 0.3) is 10.9 Å². The van der Waals surface area contributed by atoms with Gasteiger partial charge in [0.05, 0.1) is 12.6 Å². The van der Waals surface area contributed by atoms with Crippen LogP contribution in [0.1, 0.15) is 12.8 Å². The lowest BCUT2D eigenvalue weighted by Crippen LogP contribution is -2.39. The van der Waals surface area contributed by atoms with Crippen molar-refractivity contribution in [3.8, 4) is 0 Å². The van der Waals surface area contributed by atoms with Gasteiger partial charge in [0.1, 0.15) is 11.4 Å². The molecule has 0 N–H and O–H groups in total. The first kappa shape index (κ1) is 14.1. The van der Waals surface area contributed by atoms with Crippen molar-refractivity contribution < 1.29 is 9.53 Å². The van der Waals surface area contributed by atoms with E-state index in [9.17, 15) is 4.79 Å². The summed E-state index contributed by atoms with van der Waals surface area (Å²) in [4.78, 5) is 21.9. The number of para-hydroxylation sites is 1. The van der Waals surface area contributed by atoms with E-state index in [2.05, 4.69) is 16.0 Å². The van der Waals surface area contributed by atoms with Gasteiger partial charge in [-0.2, -0.15) is 0 Å². The molecule has 1 saturated heterocycles. The zero-order chi connectivity index (χ0) is 14.7. The van der Waals surface area contributed by atoms with Gasteiger partial charge in [-0.05, 0) is 18.9 Å². The molecule has 6 heteroatoms. The summed E-state index contributed by atoms with van der Waals surface area (Å²) in [5.74, 6) is 0. The van der Waals surface area contributed by atoms with E-state index in [4.69, 9.17) is 4.74 Å². The first-order valence-electron chi connectivity index (χ1n) is 6.97. The number of methoxy groups -OCH3 is 1. The molecule has 110 valence electrons. The van der Waals surface area contributed by atoms with Crippen molar-refractivity contribution in [1.29, 1.82) is 0 Å². The molecule has 5 nitrogen and oxygen atoms in total. The van der Waals surface area contributed by atoms with Crippen LogP contribution in [0.5, 0.6) is 0 Å². The summed E-state index contributed by atoms with van der Waals surface area (Å²) in [5, 5.41) is 2.60. The number of rotatable bonds is 2. The van der Waals surface area contributed by atoms with Gasteiger partial charge in [-0.25, -0.2) is 14.8 Å². The van der Waals surface area contributed by atoms with E-state index in [1.807, 2.05) is 18.2 Å². The van der Waals surface area contributed by atoms with Crippen molar-refractivity contribution in [2.75, 3.05) is 20.2 Å². The average Bonchev–Trinajstić information content (AvgIpc) is 2.55. The van der Waals surface area contributed by atoms with Gasteiger partial charge in [-0.3, -0.25) is 0 Å². The largest absolute Gasteiger partial charge is 0.453 e. The third kappa shape index (κ3) is 3.10. The van der Waals surface area contributed by atoms with Gasteiger partial charge < -0.3 is 9.64 Å². The van der Waals surface area contributed by atoms with E-state index in [0.717, 1.165) is 41.9 Å². The molecule has 2 aromatic rings. The molecule has 21 heavy (non-hydrogen) atoms. The number of hydrogen-bond donors (Lipinski definition) is 0. The fraction of sp³-hybridized carbons (Fsp3) is 0.400. The molecule has 2 heterocycles. The molecule has 1 aliphatic heterocycles. The van der Waals surface area contributed by atoms with Crippen LogP contribution in [0.15, 0.2) is 35.6 Å². The Balaban J connectivity index is 1.69. The second kappa shape index (κ2) is 6.30. The third-order valence-electron chi connectivity index (χ3n) is 3.66. The number of nitrogens with zero attached hydrogens (tertiary/aromatic N) is 3. The number of hydrogen-bond acceptors (Lipinski definition) is 5. The molecule has 0 radical (unpaired) electrons. The Kier molecular flexibility index (Phi) is 4.24. The average molecular weight is 303 g/mol. The number of aromatic nitrogens is 2. The molecular weight excluding hydrogens is 286 g/mol. The van der Waals surface area contributed by atoms with E-state index < -0.39 is 0 Å². The Hall–Kier alpha value is -1.82. The highest BCUT2D eigenvalue weighted by atomic mass is 32.2. The summed E-state index contributed by atoms with van der Waals surface area (Å²) in [6.45, 7) is 1.49. The molecule has 0 spiro atoms. The predicted octanol–water partition coefficient (Wildman–Crippen LogP) is 2.95. The minimum atomic E-state index is -0.231. The number of piperidine rings is 1. The highest BCUT2D eigenvalue weighted by molar-refractivity contribution is 8.00. The number of amides is 1. The number of carbonyl (C=O) groups is 1. The van der Waals surface area contributed by atoms with E-state index in [-0.39, 0.29) is 6.09 Å². The van der Waals surface area contributed by atoms with Gasteiger partial charge in [0, 0.05) is 23.7 Å². The maximum Gasteiger partial charge on any atom is 0.409 e. The third-order valence-corrected chi connectivity index (χ3v) is 5.01. The molecular formula is C15H17N3O2S. The molecule has 0 atom stereocenters. The van der Waals surface area contributed by atoms with Crippen molar-refractivity contribution in [3.63, 3.8) is 0 Å². The molecule has 0 aliphatic carbocycles. The van der Waals surface area contributed by atoms with Gasteiger partial charge in [-0.15, -0.1) is 11.8 Å². The van der Waals surface area contributed by atoms with Gasteiger partial charge in [0.25, 0.3) is 0 Å². The Morgan fingerprint density at radius 2 is 2.05 bits per heavy atom. The number of likely N-dealkylation sites (tertiary alicyclic amines) is 1. The molecule has 0 unspecified atom stereocenters. The van der Waals surface area contributed by atoms with E-state index in [1.54, 1.807) is 23.0 Å². The molecule has 1 amide bonds. The van der Waals surface area contributed by atoms with Crippen molar-refractivity contribution >= 4 is 28.8 Å². The Morgan fingerprint density at radius 1 is 1.29 bits per heavy atom. The summed E-state index contributed by atoms with van der Waals surface area (Å²) in [6, 6.07) is 8.05. The minimum Gasteiger partial charge on any atom is -0.453 e. The van der Waals surface area contributed by atoms with Crippen LogP contribution in [-0.2, 0) is 4.74 Å². The summed E-state index contributed by atoms with van der Waals surface area (Å²) in [7, 11) is 1.43. The lowest BCUT2D eigenvalue weighted by Gasteiger charge is -2.30. The molecule has 1 aromatic heterocycles. The molecule has 1 aromatic carbocycles. The van der Waals surface area contributed by atoms with Gasteiger partial charge >= 0.3 is 6.09 Å². The number of fused-ring (bicyclic) bond motifs is 1. The summed E-state index contributed by atoms with van der Waals surface area (Å²) in [5.41, 5.74) is 0.974. The van der Waals surface area contributed by atoms with Gasteiger partial charge in [-0.1, -0.05) is 18.2 Å². The predicted molar refractivity (Wildman–Crippen MR) is 82.4 cm³/mol. The summed E-state index contributed by atoms with van der Waals surface area (Å²) >= 11 is 1.79. The van der Waals surface area contributed by atoms with E-state index in [1.165, 1.54) is 7.11 Å². The highest BCUT2D eigenvalue weighted by Crippen LogP contribution is 2.32. The van der Waals surface area contributed by atoms with Crippen LogP contribution in [0, 0.1) is 0 Å². The number of benzene rings is 1. The first-order valence-corrected chi connectivity index (χ1v) is 7.85. The fourth-order valence-electron chi connectivity index (χ4n) is 2.52. The van der Waals surface area contributed by atoms with Gasteiger partial charge in [0.2, 0.25) is 0 Å². The summed E-state index contributed by atoms with van der Waals surface area (Å²) < 4.78 is 4.76. The Bertz CT molecular complexity index is 636. The molecule has 0 bridgehead atoms. The van der Waals surface area contributed by atoms with Crippen molar-refractivity contribution in [2.24, 2.45) is 0 Å². The van der Waals surface area contributed by atoms with E-state index in [0.29, 0.717) is 5.25 Å². The lowest BCUT2D eigenvalue weighted by molar-refractivity contribution is 0.116. The zero-order valence-corrected chi connectivity index (χ0v) is 12.7. The number of carbonyl (C=O) groups excluding carboxylic acids is 1.